The Morgan fingerprint density at radius 1 is 1.16 bits per heavy atom. The molecule has 222 valence electrons. The van der Waals surface area contributed by atoms with Crippen LogP contribution in [0.25, 0.3) is 0 Å². The van der Waals surface area contributed by atoms with Gasteiger partial charge in [0.1, 0.15) is 17.8 Å². The summed E-state index contributed by atoms with van der Waals surface area (Å²) < 4.78 is 25.1. The summed E-state index contributed by atoms with van der Waals surface area (Å²) in [7, 11) is 1.78. The van der Waals surface area contributed by atoms with Crippen LogP contribution in [0, 0.1) is 23.7 Å². The van der Waals surface area contributed by atoms with Crippen LogP contribution >= 0.6 is 0 Å². The van der Waals surface area contributed by atoms with E-state index in [1.165, 1.54) is 6.92 Å². The average Bonchev–Trinajstić information content (AvgIpc) is 3.18. The number of ether oxygens (including phenoxy) is 4. The number of aliphatic hydroxyl groups is 4. The van der Waals surface area contributed by atoms with E-state index in [4.69, 9.17) is 18.9 Å². The van der Waals surface area contributed by atoms with E-state index in [-0.39, 0.29) is 24.5 Å². The second kappa shape index (κ2) is 11.9. The van der Waals surface area contributed by atoms with Crippen molar-refractivity contribution < 1.29 is 44.2 Å². The highest BCUT2D eigenvalue weighted by Crippen LogP contribution is 2.47. The summed E-state index contributed by atoms with van der Waals surface area (Å²) in [5, 5.41) is 47.6. The average molecular weight is 546 g/mol. The van der Waals surface area contributed by atoms with E-state index < -0.39 is 77.8 Å². The minimum atomic E-state index is -1.73. The van der Waals surface area contributed by atoms with E-state index >= 15 is 0 Å². The number of hydrogen-bond donors (Lipinski definition) is 5. The fourth-order valence-corrected chi connectivity index (χ4v) is 7.00. The zero-order valence-corrected chi connectivity index (χ0v) is 24.5. The molecule has 3 aliphatic rings. The Hall–Kier alpha value is -0.850. The Balaban J connectivity index is 2.03. The third kappa shape index (κ3) is 5.93. The maximum Gasteiger partial charge on any atom is 0.311 e. The number of aliphatic hydroxyl groups excluding tert-OH is 3. The number of rotatable bonds is 6. The number of nitrogens with one attached hydrogen (secondary N) is 1. The van der Waals surface area contributed by atoms with Gasteiger partial charge in [-0.3, -0.25) is 4.79 Å². The van der Waals surface area contributed by atoms with Gasteiger partial charge in [-0.1, -0.05) is 27.7 Å². The van der Waals surface area contributed by atoms with Crippen LogP contribution in [0.4, 0.5) is 0 Å². The van der Waals surface area contributed by atoms with Crippen molar-refractivity contribution in [2.24, 2.45) is 23.7 Å². The van der Waals surface area contributed by atoms with Gasteiger partial charge in [0.15, 0.2) is 6.29 Å². The van der Waals surface area contributed by atoms with Crippen molar-refractivity contribution in [2.45, 2.75) is 141 Å². The summed E-state index contributed by atoms with van der Waals surface area (Å²) in [6, 6.07) is -0.224. The van der Waals surface area contributed by atoms with Crippen LogP contribution in [0.1, 0.15) is 74.7 Å². The minimum Gasteiger partial charge on any atom is -0.459 e. The van der Waals surface area contributed by atoms with E-state index in [0.717, 1.165) is 0 Å². The van der Waals surface area contributed by atoms with Crippen molar-refractivity contribution in [1.82, 2.24) is 5.32 Å². The van der Waals surface area contributed by atoms with Gasteiger partial charge in [-0.2, -0.15) is 0 Å². The number of hydrogen-bond acceptors (Lipinski definition) is 10. The van der Waals surface area contributed by atoms with Gasteiger partial charge in [-0.05, 0) is 59.9 Å². The Bertz CT molecular complexity index is 811. The maximum absolute atomic E-state index is 13.3. The third-order valence-electron chi connectivity index (χ3n) is 9.37. The zero-order valence-electron chi connectivity index (χ0n) is 24.5. The van der Waals surface area contributed by atoms with Gasteiger partial charge in [-0.15, -0.1) is 0 Å². The molecule has 0 saturated carbocycles. The van der Waals surface area contributed by atoms with E-state index in [9.17, 15) is 25.2 Å². The summed E-state index contributed by atoms with van der Waals surface area (Å²) in [6.45, 7) is 14.4. The monoisotopic (exact) mass is 545 g/mol. The molecule has 0 aliphatic carbocycles. The molecule has 38 heavy (non-hydrogen) atoms. The van der Waals surface area contributed by atoms with Gasteiger partial charge in [0.05, 0.1) is 42.0 Å². The van der Waals surface area contributed by atoms with E-state index in [0.29, 0.717) is 12.8 Å². The minimum absolute atomic E-state index is 0.0146. The highest BCUT2D eigenvalue weighted by molar-refractivity contribution is 5.73. The lowest BCUT2D eigenvalue weighted by molar-refractivity contribution is -0.296. The molecule has 3 saturated heterocycles. The van der Waals surface area contributed by atoms with Crippen LogP contribution in [-0.2, 0) is 23.7 Å². The van der Waals surface area contributed by atoms with E-state index in [1.807, 2.05) is 27.7 Å². The van der Waals surface area contributed by atoms with Gasteiger partial charge in [0.25, 0.3) is 0 Å². The molecule has 10 heteroatoms. The molecular weight excluding hydrogens is 494 g/mol. The number of fused-ring (bicyclic) bond motifs is 2. The molecule has 0 spiro atoms. The van der Waals surface area contributed by atoms with Crippen molar-refractivity contribution >= 4 is 5.97 Å². The molecule has 0 aromatic carbocycles. The molecular formula is C28H51NO9. The normalized spacial score (nSPS) is 49.0. The first-order valence-electron chi connectivity index (χ1n) is 14.2. The molecule has 0 aromatic rings. The first kappa shape index (κ1) is 31.7. The van der Waals surface area contributed by atoms with Crippen molar-refractivity contribution in [1.29, 1.82) is 0 Å². The molecule has 0 amide bonds. The Morgan fingerprint density at radius 3 is 2.37 bits per heavy atom. The molecule has 0 radical (unpaired) electrons. The molecule has 3 rings (SSSR count). The molecule has 2 bridgehead atoms. The second-order valence-electron chi connectivity index (χ2n) is 12.6. The topological polar surface area (TPSA) is 147 Å². The quantitative estimate of drug-likeness (QED) is 0.310. The molecule has 5 N–H and O–H groups in total. The summed E-state index contributed by atoms with van der Waals surface area (Å²) in [6.07, 6.45) is -5.10. The van der Waals surface area contributed by atoms with Gasteiger partial charge in [0, 0.05) is 17.9 Å². The van der Waals surface area contributed by atoms with Gasteiger partial charge >= 0.3 is 5.97 Å². The molecule has 3 fully saturated rings. The van der Waals surface area contributed by atoms with Crippen LogP contribution < -0.4 is 5.32 Å². The number of carbonyl (C=O) groups is 1. The first-order valence-corrected chi connectivity index (χ1v) is 14.2. The first-order chi connectivity index (χ1) is 17.6. The number of carbonyl (C=O) groups excluding carboxylic acids is 1. The predicted molar refractivity (Wildman–Crippen MR) is 140 cm³/mol. The third-order valence-corrected chi connectivity index (χ3v) is 9.37. The van der Waals surface area contributed by atoms with Gasteiger partial charge < -0.3 is 44.7 Å². The molecule has 3 aliphatic heterocycles. The lowest BCUT2D eigenvalue weighted by Gasteiger charge is -2.45. The largest absolute Gasteiger partial charge is 0.459 e. The molecule has 3 heterocycles. The van der Waals surface area contributed by atoms with Crippen molar-refractivity contribution in [3.8, 4) is 0 Å². The second-order valence-corrected chi connectivity index (χ2v) is 12.6. The smallest absolute Gasteiger partial charge is 0.311 e. The lowest BCUT2D eigenvalue weighted by atomic mass is 9.76. The fourth-order valence-electron chi connectivity index (χ4n) is 7.00. The summed E-state index contributed by atoms with van der Waals surface area (Å²) >= 11 is 0. The number of cyclic esters (lactones) is 1. The van der Waals surface area contributed by atoms with Gasteiger partial charge in [-0.25, -0.2) is 0 Å². The van der Waals surface area contributed by atoms with Crippen LogP contribution in [0.5, 0.6) is 0 Å². The van der Waals surface area contributed by atoms with Crippen molar-refractivity contribution in [2.75, 3.05) is 7.05 Å². The van der Waals surface area contributed by atoms with E-state index in [1.54, 1.807) is 27.8 Å². The standard InChI is InChI=1S/C28H51NO9/c1-10-19(30)28(8,34)24-17(6)22-13(2)12-27(7,38-22)23(15(4)20(31)16(5)25(33)36-24)37-26-21(32)18(29-9)11-14(3)35-26/h13-24,26,29-32,34H,10-12H2,1-9H3/t13?,14?,15-,16+,17-,18?,19+,20+,21?,22?,23+,24+,26?,27+,28+/m0/s1. The number of likely N-dealkylation sites (N-methyl/N-ethyl adjacent to an activating group) is 1. The number of esters is 1. The maximum atomic E-state index is 13.3. The lowest BCUT2D eigenvalue weighted by Crippen LogP contribution is -2.58. The zero-order chi connectivity index (χ0) is 28.7. The van der Waals surface area contributed by atoms with E-state index in [2.05, 4.69) is 5.32 Å². The van der Waals surface area contributed by atoms with Crippen molar-refractivity contribution in [3.05, 3.63) is 0 Å². The summed E-state index contributed by atoms with van der Waals surface area (Å²) in [5.41, 5.74) is -2.63. The predicted octanol–water partition coefficient (Wildman–Crippen LogP) is 1.36. The summed E-state index contributed by atoms with van der Waals surface area (Å²) in [4.78, 5) is 13.3. The Morgan fingerprint density at radius 2 is 1.79 bits per heavy atom. The van der Waals surface area contributed by atoms with Crippen LogP contribution in [0.3, 0.4) is 0 Å². The SMILES string of the molecule is CC[C@@H](O)[C@@](C)(O)[C@@H]1OC(=O)[C@H](C)[C@H](O)[C@H](C)[C@@H](OC2OC(C)CC(NC)C2O)[C@@]2(C)CC(C)C(O2)[C@@H]1C. The highest BCUT2D eigenvalue weighted by Gasteiger charge is 2.57. The Kier molecular flexibility index (Phi) is 9.96. The Labute approximate surface area is 227 Å². The van der Waals surface area contributed by atoms with Crippen molar-refractivity contribution in [3.63, 3.8) is 0 Å². The summed E-state index contributed by atoms with van der Waals surface area (Å²) in [5.74, 6) is -2.70. The van der Waals surface area contributed by atoms with Crippen LogP contribution in [-0.4, -0.2) is 99.7 Å². The molecule has 0 aromatic heterocycles. The highest BCUT2D eigenvalue weighted by atomic mass is 16.7. The van der Waals surface area contributed by atoms with Crippen LogP contribution in [0.2, 0.25) is 0 Å². The van der Waals surface area contributed by atoms with Crippen LogP contribution in [0.15, 0.2) is 0 Å². The molecule has 6 unspecified atom stereocenters. The van der Waals surface area contributed by atoms with Gasteiger partial charge in [0.2, 0.25) is 0 Å². The fraction of sp³-hybridized carbons (Fsp3) is 0.964. The molecule has 10 nitrogen and oxygen atoms in total. The molecule has 15 atom stereocenters.